The lowest BCUT2D eigenvalue weighted by molar-refractivity contribution is -0.117. The molecule has 9 heteroatoms. The molecule has 146 valence electrons. The molecule has 0 spiro atoms. The minimum atomic E-state index is -0.109. The number of piperidine rings is 1. The number of likely N-dealkylation sites (tertiary alicyclic amines) is 1. The van der Waals surface area contributed by atoms with Crippen LogP contribution in [0.1, 0.15) is 35.9 Å². The number of nitrogens with one attached hydrogen (secondary N) is 1. The van der Waals surface area contributed by atoms with Crippen LogP contribution in [0.4, 0.5) is 5.82 Å². The minimum absolute atomic E-state index is 0.109. The molecule has 3 aromatic heterocycles. The summed E-state index contributed by atoms with van der Waals surface area (Å²) in [5.41, 5.74) is 2.61. The lowest BCUT2D eigenvalue weighted by atomic mass is 9.91. The molecular weight excluding hydrogens is 360 g/mol. The molecule has 0 bridgehead atoms. The molecule has 0 aromatic carbocycles. The van der Waals surface area contributed by atoms with Crippen LogP contribution in [0.3, 0.4) is 0 Å². The first-order valence-electron chi connectivity index (χ1n) is 9.27. The smallest absolute Gasteiger partial charge is 0.239 e. The average molecular weight is 382 g/mol. The second-order valence-corrected chi connectivity index (χ2v) is 7.10. The first-order valence-corrected chi connectivity index (χ1v) is 9.27. The zero-order valence-corrected chi connectivity index (χ0v) is 15.9. The number of amides is 1. The van der Waals surface area contributed by atoms with E-state index < -0.39 is 0 Å². The molecule has 1 N–H and O–H groups in total. The highest BCUT2D eigenvalue weighted by Crippen LogP contribution is 2.32. The standard InChI is InChI=1S/C19H22N6O3/c1-12-6-16(28-23-12)15-8-20-11-21-19(15)14-4-3-5-25(9-14)10-18(26)22-17-7-13(2)27-24-17/h6-8,11,14H,3-5,9-10H2,1-2H3,(H,22,24,26). The van der Waals surface area contributed by atoms with Gasteiger partial charge < -0.3 is 14.4 Å². The Labute approximate surface area is 162 Å². The molecule has 1 aliphatic rings. The zero-order valence-electron chi connectivity index (χ0n) is 15.9. The van der Waals surface area contributed by atoms with E-state index in [2.05, 4.69) is 30.5 Å². The number of carbonyl (C=O) groups excluding carboxylic acids is 1. The van der Waals surface area contributed by atoms with Crippen molar-refractivity contribution in [2.45, 2.75) is 32.6 Å². The second kappa shape index (κ2) is 7.89. The Morgan fingerprint density at radius 1 is 1.29 bits per heavy atom. The van der Waals surface area contributed by atoms with Crippen molar-refractivity contribution in [3.05, 3.63) is 41.8 Å². The number of aromatic nitrogens is 4. The molecule has 4 heterocycles. The van der Waals surface area contributed by atoms with Crippen molar-refractivity contribution in [2.75, 3.05) is 25.0 Å². The predicted octanol–water partition coefficient (Wildman–Crippen LogP) is 2.55. The van der Waals surface area contributed by atoms with Gasteiger partial charge in [0.25, 0.3) is 0 Å². The summed E-state index contributed by atoms with van der Waals surface area (Å²) in [4.78, 5) is 23.1. The van der Waals surface area contributed by atoms with Crippen LogP contribution in [0, 0.1) is 13.8 Å². The molecule has 1 aliphatic heterocycles. The van der Waals surface area contributed by atoms with E-state index in [0.717, 1.165) is 42.9 Å². The van der Waals surface area contributed by atoms with Gasteiger partial charge in [-0.05, 0) is 33.2 Å². The fourth-order valence-corrected chi connectivity index (χ4v) is 3.58. The van der Waals surface area contributed by atoms with Gasteiger partial charge in [0.1, 0.15) is 12.1 Å². The number of carbonyl (C=O) groups is 1. The summed E-state index contributed by atoms with van der Waals surface area (Å²) >= 11 is 0. The van der Waals surface area contributed by atoms with Gasteiger partial charge in [0.2, 0.25) is 5.91 Å². The van der Waals surface area contributed by atoms with Gasteiger partial charge in [0.05, 0.1) is 23.5 Å². The van der Waals surface area contributed by atoms with E-state index in [1.54, 1.807) is 25.5 Å². The SMILES string of the molecule is Cc1cc(-c2cncnc2C2CCCN(CC(=O)Nc3cc(C)on3)C2)on1. The highest BCUT2D eigenvalue weighted by atomic mass is 16.5. The monoisotopic (exact) mass is 382 g/mol. The van der Waals surface area contributed by atoms with Crippen LogP contribution in [-0.4, -0.2) is 50.7 Å². The van der Waals surface area contributed by atoms with Crippen molar-refractivity contribution in [1.82, 2.24) is 25.2 Å². The highest BCUT2D eigenvalue weighted by molar-refractivity contribution is 5.91. The van der Waals surface area contributed by atoms with Gasteiger partial charge in [0, 0.05) is 30.8 Å². The molecule has 0 saturated carbocycles. The topological polar surface area (TPSA) is 110 Å². The molecule has 0 radical (unpaired) electrons. The summed E-state index contributed by atoms with van der Waals surface area (Å²) in [6, 6.07) is 3.58. The summed E-state index contributed by atoms with van der Waals surface area (Å²) in [5.74, 6) is 1.86. The largest absolute Gasteiger partial charge is 0.360 e. The summed E-state index contributed by atoms with van der Waals surface area (Å²) in [5, 5.41) is 10.5. The lowest BCUT2D eigenvalue weighted by Gasteiger charge is -2.32. The molecule has 9 nitrogen and oxygen atoms in total. The third-order valence-electron chi connectivity index (χ3n) is 4.79. The average Bonchev–Trinajstić information content (AvgIpc) is 3.30. The van der Waals surface area contributed by atoms with E-state index in [9.17, 15) is 4.79 Å². The van der Waals surface area contributed by atoms with Gasteiger partial charge in [-0.3, -0.25) is 9.69 Å². The van der Waals surface area contributed by atoms with Gasteiger partial charge in [-0.2, -0.15) is 0 Å². The molecule has 28 heavy (non-hydrogen) atoms. The Morgan fingerprint density at radius 2 is 2.18 bits per heavy atom. The first kappa shape index (κ1) is 18.3. The normalized spacial score (nSPS) is 17.6. The minimum Gasteiger partial charge on any atom is -0.360 e. The Balaban J connectivity index is 1.45. The van der Waals surface area contributed by atoms with Crippen molar-refractivity contribution in [3.63, 3.8) is 0 Å². The molecule has 0 aliphatic carbocycles. The maximum absolute atomic E-state index is 12.3. The third-order valence-corrected chi connectivity index (χ3v) is 4.79. The van der Waals surface area contributed by atoms with Crippen molar-refractivity contribution in [1.29, 1.82) is 0 Å². The summed E-state index contributed by atoms with van der Waals surface area (Å²) in [6.45, 7) is 5.57. The van der Waals surface area contributed by atoms with E-state index in [-0.39, 0.29) is 11.8 Å². The molecule has 1 unspecified atom stereocenters. The van der Waals surface area contributed by atoms with Crippen molar-refractivity contribution in [3.8, 4) is 11.3 Å². The Bertz CT molecular complexity index is 966. The van der Waals surface area contributed by atoms with Crippen molar-refractivity contribution >= 4 is 11.7 Å². The number of nitrogens with zero attached hydrogens (tertiary/aromatic N) is 5. The van der Waals surface area contributed by atoms with Crippen LogP contribution in [0.15, 0.2) is 33.7 Å². The van der Waals surface area contributed by atoms with Gasteiger partial charge in [-0.25, -0.2) is 9.97 Å². The molecular formula is C19H22N6O3. The van der Waals surface area contributed by atoms with Gasteiger partial charge >= 0.3 is 0 Å². The predicted molar refractivity (Wildman–Crippen MR) is 101 cm³/mol. The Kier molecular flexibility index (Phi) is 5.16. The van der Waals surface area contributed by atoms with E-state index >= 15 is 0 Å². The number of hydrogen-bond donors (Lipinski definition) is 1. The van der Waals surface area contributed by atoms with Gasteiger partial charge in [-0.15, -0.1) is 0 Å². The zero-order chi connectivity index (χ0) is 19.5. The fourth-order valence-electron chi connectivity index (χ4n) is 3.58. The fraction of sp³-hybridized carbons (Fsp3) is 0.421. The Hall–Kier alpha value is -3.07. The van der Waals surface area contributed by atoms with Crippen LogP contribution in [-0.2, 0) is 4.79 Å². The van der Waals surface area contributed by atoms with E-state index in [1.165, 1.54) is 0 Å². The van der Waals surface area contributed by atoms with Crippen LogP contribution in [0.25, 0.3) is 11.3 Å². The molecule has 1 amide bonds. The number of anilines is 1. The van der Waals surface area contributed by atoms with Crippen LogP contribution >= 0.6 is 0 Å². The van der Waals surface area contributed by atoms with Crippen LogP contribution in [0.2, 0.25) is 0 Å². The van der Waals surface area contributed by atoms with Crippen molar-refractivity contribution in [2.24, 2.45) is 0 Å². The molecule has 4 rings (SSSR count). The molecule has 1 saturated heterocycles. The lowest BCUT2D eigenvalue weighted by Crippen LogP contribution is -2.40. The quantitative estimate of drug-likeness (QED) is 0.717. The first-order chi connectivity index (χ1) is 13.6. The molecule has 1 atom stereocenters. The molecule has 3 aromatic rings. The number of rotatable bonds is 5. The highest BCUT2D eigenvalue weighted by Gasteiger charge is 2.27. The third kappa shape index (κ3) is 4.09. The van der Waals surface area contributed by atoms with Crippen molar-refractivity contribution < 1.29 is 13.8 Å². The van der Waals surface area contributed by atoms with E-state index in [1.807, 2.05) is 13.0 Å². The van der Waals surface area contributed by atoms with E-state index in [0.29, 0.717) is 23.9 Å². The number of aryl methyl sites for hydroxylation is 2. The summed E-state index contributed by atoms with van der Waals surface area (Å²) < 4.78 is 10.4. The van der Waals surface area contributed by atoms with Gasteiger partial charge in [0.15, 0.2) is 11.6 Å². The summed E-state index contributed by atoms with van der Waals surface area (Å²) in [7, 11) is 0. The maximum Gasteiger partial charge on any atom is 0.239 e. The van der Waals surface area contributed by atoms with Gasteiger partial charge in [-0.1, -0.05) is 10.3 Å². The second-order valence-electron chi connectivity index (χ2n) is 7.10. The summed E-state index contributed by atoms with van der Waals surface area (Å²) in [6.07, 6.45) is 5.30. The van der Waals surface area contributed by atoms with Crippen LogP contribution in [0.5, 0.6) is 0 Å². The van der Waals surface area contributed by atoms with Crippen LogP contribution < -0.4 is 5.32 Å². The maximum atomic E-state index is 12.3. The number of hydrogen-bond acceptors (Lipinski definition) is 8. The molecule has 1 fully saturated rings. The van der Waals surface area contributed by atoms with E-state index in [4.69, 9.17) is 9.05 Å². The Morgan fingerprint density at radius 3 is 2.93 bits per heavy atom.